The fraction of sp³-hybridized carbons (Fsp3) is 0.350. The average Bonchev–Trinajstić information content (AvgIpc) is 3.12. The van der Waals surface area contributed by atoms with E-state index in [0.29, 0.717) is 23.7 Å². The first kappa shape index (κ1) is 21.0. The van der Waals surface area contributed by atoms with Crippen molar-refractivity contribution in [2.75, 3.05) is 43.2 Å². The molecule has 3 heterocycles. The van der Waals surface area contributed by atoms with Crippen molar-refractivity contribution in [2.24, 2.45) is 0 Å². The molecule has 0 unspecified atom stereocenters. The lowest BCUT2D eigenvalue weighted by atomic mass is 9.95. The number of morpholine rings is 1. The van der Waals surface area contributed by atoms with E-state index in [1.807, 2.05) is 6.92 Å². The van der Waals surface area contributed by atoms with Crippen LogP contribution in [0.2, 0.25) is 0 Å². The predicted octanol–water partition coefficient (Wildman–Crippen LogP) is 2.32. The second-order valence-corrected chi connectivity index (χ2v) is 9.65. The Morgan fingerprint density at radius 1 is 1.20 bits per heavy atom. The first-order chi connectivity index (χ1) is 14.4. The van der Waals surface area contributed by atoms with Crippen LogP contribution >= 0.6 is 27.3 Å². The van der Waals surface area contributed by atoms with Gasteiger partial charge in [-0.2, -0.15) is 0 Å². The van der Waals surface area contributed by atoms with Crippen LogP contribution in [0.5, 0.6) is 0 Å². The second kappa shape index (κ2) is 8.46. The molecule has 0 atom stereocenters. The molecule has 2 aliphatic rings. The number of aryl methyl sites for hydroxylation is 1. The van der Waals surface area contributed by atoms with Crippen LogP contribution in [0, 0.1) is 6.92 Å². The number of hydrogen-bond donors (Lipinski definition) is 2. The third-order valence-electron chi connectivity index (χ3n) is 5.01. The minimum absolute atomic E-state index is 0.0704. The molecule has 2 N–H and O–H groups in total. The Labute approximate surface area is 185 Å². The monoisotopic (exact) mass is 493 g/mol. The number of rotatable bonds is 5. The van der Waals surface area contributed by atoms with Crippen molar-refractivity contribution in [2.45, 2.75) is 12.5 Å². The highest BCUT2D eigenvalue weighted by atomic mass is 79.9. The molecule has 0 aliphatic carbocycles. The number of carbonyl (C=O) groups excluding carboxylic acids is 3. The quantitative estimate of drug-likeness (QED) is 0.665. The highest BCUT2D eigenvalue weighted by molar-refractivity contribution is 9.11. The van der Waals surface area contributed by atoms with Crippen molar-refractivity contribution < 1.29 is 23.9 Å². The summed E-state index contributed by atoms with van der Waals surface area (Å²) >= 11 is 4.63. The van der Waals surface area contributed by atoms with E-state index in [1.165, 1.54) is 11.3 Å². The van der Waals surface area contributed by atoms with Gasteiger partial charge in [0.1, 0.15) is 6.61 Å². The number of benzene rings is 1. The van der Waals surface area contributed by atoms with Gasteiger partial charge in [0.2, 0.25) is 0 Å². The molecule has 2 aliphatic heterocycles. The Balaban J connectivity index is 1.46. The number of halogens is 1. The van der Waals surface area contributed by atoms with Gasteiger partial charge in [-0.25, -0.2) is 0 Å². The Bertz CT molecular complexity index is 1000. The minimum atomic E-state index is -1.11. The lowest BCUT2D eigenvalue weighted by Crippen LogP contribution is -2.68. The molecule has 2 aromatic rings. The third kappa shape index (κ3) is 4.13. The van der Waals surface area contributed by atoms with Gasteiger partial charge in [-0.05, 0) is 58.7 Å². The summed E-state index contributed by atoms with van der Waals surface area (Å²) < 4.78 is 11.2. The lowest BCUT2D eigenvalue weighted by Gasteiger charge is -2.40. The van der Waals surface area contributed by atoms with Crippen LogP contribution in [0.1, 0.15) is 15.2 Å². The number of nitrogens with zero attached hydrogens (tertiary/aromatic N) is 1. The van der Waals surface area contributed by atoms with E-state index in [0.717, 1.165) is 15.0 Å². The van der Waals surface area contributed by atoms with Gasteiger partial charge in [0.05, 0.1) is 28.5 Å². The Morgan fingerprint density at radius 3 is 2.60 bits per heavy atom. The maximum Gasteiger partial charge on any atom is 0.262 e. The molecule has 158 valence electrons. The molecule has 0 bridgehead atoms. The Kier molecular flexibility index (Phi) is 5.92. The minimum Gasteiger partial charge on any atom is -0.375 e. The summed E-state index contributed by atoms with van der Waals surface area (Å²) in [7, 11) is 0. The van der Waals surface area contributed by atoms with Gasteiger partial charge < -0.3 is 25.0 Å². The Morgan fingerprint density at radius 2 is 2.00 bits per heavy atom. The van der Waals surface area contributed by atoms with Crippen molar-refractivity contribution >= 4 is 56.4 Å². The summed E-state index contributed by atoms with van der Waals surface area (Å²) in [5, 5.41) is 5.67. The summed E-state index contributed by atoms with van der Waals surface area (Å²) in [4.78, 5) is 39.7. The van der Waals surface area contributed by atoms with Crippen LogP contribution in [0.25, 0.3) is 0 Å². The smallest absolute Gasteiger partial charge is 0.262 e. The zero-order chi connectivity index (χ0) is 21.3. The van der Waals surface area contributed by atoms with E-state index >= 15 is 0 Å². The molecule has 0 radical (unpaired) electrons. The summed E-state index contributed by atoms with van der Waals surface area (Å²) in [6.45, 7) is 3.16. The molecule has 4 rings (SSSR count). The molecule has 30 heavy (non-hydrogen) atoms. The molecule has 0 spiro atoms. The van der Waals surface area contributed by atoms with Gasteiger partial charge in [-0.1, -0.05) is 0 Å². The zero-order valence-corrected chi connectivity index (χ0v) is 18.6. The first-order valence-electron chi connectivity index (χ1n) is 9.34. The van der Waals surface area contributed by atoms with Crippen molar-refractivity contribution in [3.63, 3.8) is 0 Å². The fourth-order valence-electron chi connectivity index (χ4n) is 3.34. The topological polar surface area (TPSA) is 97.0 Å². The van der Waals surface area contributed by atoms with Gasteiger partial charge >= 0.3 is 0 Å². The molecule has 0 saturated carbocycles. The van der Waals surface area contributed by atoms with Crippen molar-refractivity contribution in [1.29, 1.82) is 0 Å². The molecular weight excluding hydrogens is 474 g/mol. The highest BCUT2D eigenvalue weighted by Gasteiger charge is 2.47. The van der Waals surface area contributed by atoms with Crippen molar-refractivity contribution in [3.8, 4) is 0 Å². The summed E-state index contributed by atoms with van der Waals surface area (Å²) in [5.41, 5.74) is 1.12. The molecule has 1 aromatic heterocycles. The normalized spacial score (nSPS) is 17.9. The third-order valence-corrected chi connectivity index (χ3v) is 6.64. The van der Waals surface area contributed by atoms with Gasteiger partial charge in [-0.3, -0.25) is 14.4 Å². The molecule has 10 heteroatoms. The van der Waals surface area contributed by atoms with Gasteiger partial charge in [0.25, 0.3) is 17.7 Å². The van der Waals surface area contributed by atoms with Crippen molar-refractivity contribution in [3.05, 3.63) is 44.6 Å². The SMILES string of the molecule is Cc1cc(NC(=O)C2(NC(=O)c3ccc(Br)s3)COC2)ccc1N1CCOCC1=O. The maximum atomic E-state index is 12.9. The van der Waals surface area contributed by atoms with Gasteiger partial charge in [-0.15, -0.1) is 11.3 Å². The zero-order valence-electron chi connectivity index (χ0n) is 16.2. The first-order valence-corrected chi connectivity index (χ1v) is 10.9. The van der Waals surface area contributed by atoms with E-state index in [4.69, 9.17) is 9.47 Å². The standard InChI is InChI=1S/C20H20BrN3O5S/c1-12-8-13(2-3-14(12)24-6-7-28-9-17(24)25)22-19(27)20(10-29-11-20)23-18(26)15-4-5-16(21)30-15/h2-5,8H,6-7,9-11H2,1H3,(H,22,27)(H,23,26). The number of hydrogen-bond acceptors (Lipinski definition) is 6. The Hall–Kier alpha value is -2.27. The summed E-state index contributed by atoms with van der Waals surface area (Å²) in [6, 6.07) is 8.84. The lowest BCUT2D eigenvalue weighted by molar-refractivity contribution is -0.141. The average molecular weight is 494 g/mol. The van der Waals surface area contributed by atoms with E-state index < -0.39 is 5.54 Å². The maximum absolute atomic E-state index is 12.9. The van der Waals surface area contributed by atoms with E-state index in [9.17, 15) is 14.4 Å². The molecule has 2 saturated heterocycles. The van der Waals surface area contributed by atoms with E-state index in [2.05, 4.69) is 26.6 Å². The number of anilines is 2. The summed E-state index contributed by atoms with van der Waals surface area (Å²) in [6.07, 6.45) is 0. The number of ether oxygens (including phenoxy) is 2. The highest BCUT2D eigenvalue weighted by Crippen LogP contribution is 2.27. The van der Waals surface area contributed by atoms with Crippen LogP contribution in [0.3, 0.4) is 0 Å². The molecule has 1 aromatic carbocycles. The van der Waals surface area contributed by atoms with Gasteiger partial charge in [0, 0.05) is 17.9 Å². The van der Waals surface area contributed by atoms with Crippen LogP contribution in [0.15, 0.2) is 34.1 Å². The molecule has 2 fully saturated rings. The molecular formula is C20H20BrN3O5S. The molecule has 3 amide bonds. The van der Waals surface area contributed by atoms with Crippen LogP contribution < -0.4 is 15.5 Å². The fourth-order valence-corrected chi connectivity index (χ4v) is 4.62. The number of nitrogens with one attached hydrogen (secondary N) is 2. The predicted molar refractivity (Wildman–Crippen MR) is 116 cm³/mol. The van der Waals surface area contributed by atoms with Crippen LogP contribution in [-0.4, -0.2) is 56.2 Å². The number of carbonyl (C=O) groups is 3. The van der Waals surface area contributed by atoms with E-state index in [1.54, 1.807) is 35.2 Å². The van der Waals surface area contributed by atoms with Gasteiger partial charge in [0.15, 0.2) is 5.54 Å². The second-order valence-electron chi connectivity index (χ2n) is 7.19. The number of thiophene rings is 1. The van der Waals surface area contributed by atoms with Crippen LogP contribution in [0.4, 0.5) is 11.4 Å². The molecule has 8 nitrogen and oxygen atoms in total. The van der Waals surface area contributed by atoms with Crippen LogP contribution in [-0.2, 0) is 19.1 Å². The largest absolute Gasteiger partial charge is 0.375 e. The van der Waals surface area contributed by atoms with E-state index in [-0.39, 0.29) is 37.5 Å². The van der Waals surface area contributed by atoms with Crippen molar-refractivity contribution in [1.82, 2.24) is 5.32 Å². The summed E-state index contributed by atoms with van der Waals surface area (Å²) in [5.74, 6) is -0.747. The number of amides is 3.